The van der Waals surface area contributed by atoms with Gasteiger partial charge in [-0.25, -0.2) is 0 Å². The molecule has 0 saturated heterocycles. The first-order valence-corrected chi connectivity index (χ1v) is 10.9. The number of benzene rings is 1. The number of anilines is 1. The minimum absolute atomic E-state index is 0.135. The molecule has 2 heterocycles. The predicted molar refractivity (Wildman–Crippen MR) is 125 cm³/mol. The molecule has 168 valence electrons. The van der Waals surface area contributed by atoms with Gasteiger partial charge in [-0.15, -0.1) is 0 Å². The van der Waals surface area contributed by atoms with E-state index in [1.807, 2.05) is 25.1 Å². The Kier molecular flexibility index (Phi) is 8.21. The Bertz CT molecular complexity index is 1090. The molecular formula is C23H27ClN6O2. The van der Waals surface area contributed by atoms with E-state index in [0.29, 0.717) is 17.4 Å². The van der Waals surface area contributed by atoms with Gasteiger partial charge in [0.1, 0.15) is 11.7 Å². The van der Waals surface area contributed by atoms with Gasteiger partial charge in [0.05, 0.1) is 5.69 Å². The van der Waals surface area contributed by atoms with Gasteiger partial charge in [0.2, 0.25) is 11.8 Å². The molecule has 0 aliphatic heterocycles. The minimum Gasteiger partial charge on any atom is -0.348 e. The van der Waals surface area contributed by atoms with E-state index in [2.05, 4.69) is 27.8 Å². The summed E-state index contributed by atoms with van der Waals surface area (Å²) in [5, 5.41) is 14.7. The van der Waals surface area contributed by atoms with Crippen LogP contribution in [-0.2, 0) is 29.2 Å². The molecule has 1 aromatic carbocycles. The number of hydrogen-bond acceptors (Lipinski definition) is 4. The maximum atomic E-state index is 12.3. The lowest BCUT2D eigenvalue weighted by Crippen LogP contribution is -2.21. The highest BCUT2D eigenvalue weighted by Gasteiger charge is 2.11. The summed E-state index contributed by atoms with van der Waals surface area (Å²) in [6.45, 7) is 5.20. The van der Waals surface area contributed by atoms with Crippen LogP contribution in [0.2, 0.25) is 5.15 Å². The van der Waals surface area contributed by atoms with Gasteiger partial charge in [-0.3, -0.25) is 19.0 Å². The summed E-state index contributed by atoms with van der Waals surface area (Å²) in [6, 6.07) is 9.09. The van der Waals surface area contributed by atoms with Crippen molar-refractivity contribution in [2.45, 2.75) is 46.3 Å². The first-order chi connectivity index (χ1) is 15.5. The van der Waals surface area contributed by atoms with Crippen LogP contribution < -0.4 is 10.6 Å². The third-order valence-corrected chi connectivity index (χ3v) is 5.18. The van der Waals surface area contributed by atoms with Crippen LogP contribution in [0.4, 0.5) is 5.69 Å². The molecule has 0 fully saturated rings. The zero-order valence-electron chi connectivity index (χ0n) is 18.2. The molecule has 32 heavy (non-hydrogen) atoms. The van der Waals surface area contributed by atoms with E-state index in [4.69, 9.17) is 11.6 Å². The van der Waals surface area contributed by atoms with Crippen molar-refractivity contribution in [1.29, 1.82) is 0 Å². The number of halogens is 1. The fourth-order valence-corrected chi connectivity index (χ4v) is 3.44. The number of aryl methyl sites for hydroxylation is 2. The molecule has 0 atom stereocenters. The van der Waals surface area contributed by atoms with Gasteiger partial charge < -0.3 is 10.6 Å². The fourth-order valence-electron chi connectivity index (χ4n) is 3.12. The zero-order valence-corrected chi connectivity index (χ0v) is 19.0. The molecule has 9 heteroatoms. The van der Waals surface area contributed by atoms with Gasteiger partial charge in [0.25, 0.3) is 0 Å². The van der Waals surface area contributed by atoms with Gasteiger partial charge in [0, 0.05) is 42.8 Å². The molecule has 2 aromatic heterocycles. The van der Waals surface area contributed by atoms with Crippen LogP contribution in [0.25, 0.3) is 6.08 Å². The second-order valence-corrected chi connectivity index (χ2v) is 7.73. The molecule has 0 aliphatic rings. The van der Waals surface area contributed by atoms with E-state index in [0.717, 1.165) is 36.2 Å². The zero-order chi connectivity index (χ0) is 22.9. The largest absolute Gasteiger partial charge is 0.348 e. The highest BCUT2D eigenvalue weighted by atomic mass is 35.5. The minimum atomic E-state index is -0.241. The number of unbranched alkanes of at least 4 members (excludes halogenated alkanes) is 1. The normalized spacial score (nSPS) is 11.1. The molecule has 3 aromatic rings. The molecule has 0 aliphatic carbocycles. The maximum Gasteiger partial charge on any atom is 0.246 e. The Morgan fingerprint density at radius 3 is 2.84 bits per heavy atom. The van der Waals surface area contributed by atoms with Gasteiger partial charge in [0.15, 0.2) is 0 Å². The van der Waals surface area contributed by atoms with Crippen LogP contribution in [0, 0.1) is 6.92 Å². The number of nitrogens with one attached hydrogen (secondary N) is 2. The Morgan fingerprint density at radius 2 is 2.09 bits per heavy atom. The number of nitrogens with zero attached hydrogens (tertiary/aromatic N) is 4. The SMILES string of the molecule is CCCCn1nc(C)c(/C=C/C(=O)NCc2cccc(NC(=O)Cn3cccn3)c2)c1Cl. The van der Waals surface area contributed by atoms with Gasteiger partial charge in [-0.1, -0.05) is 37.1 Å². The average molecular weight is 455 g/mol. The maximum absolute atomic E-state index is 12.3. The summed E-state index contributed by atoms with van der Waals surface area (Å²) in [4.78, 5) is 24.4. The summed E-state index contributed by atoms with van der Waals surface area (Å²) in [7, 11) is 0. The van der Waals surface area contributed by atoms with Crippen LogP contribution in [0.5, 0.6) is 0 Å². The van der Waals surface area contributed by atoms with Crippen molar-refractivity contribution in [3.8, 4) is 0 Å². The van der Waals surface area contributed by atoms with Crippen molar-refractivity contribution >= 4 is 35.2 Å². The number of aromatic nitrogens is 4. The molecule has 3 rings (SSSR count). The van der Waals surface area contributed by atoms with Crippen LogP contribution in [-0.4, -0.2) is 31.4 Å². The number of hydrogen-bond donors (Lipinski definition) is 2. The molecule has 2 amide bonds. The van der Waals surface area contributed by atoms with Crippen LogP contribution in [0.15, 0.2) is 48.8 Å². The first kappa shape index (κ1) is 23.3. The summed E-state index contributed by atoms with van der Waals surface area (Å²) in [5.41, 5.74) is 3.06. The Morgan fingerprint density at radius 1 is 1.25 bits per heavy atom. The topological polar surface area (TPSA) is 93.8 Å². The molecule has 0 radical (unpaired) electrons. The van der Waals surface area contributed by atoms with Gasteiger partial charge in [-0.05, 0) is 43.2 Å². The van der Waals surface area contributed by atoms with Gasteiger partial charge in [-0.2, -0.15) is 10.2 Å². The number of rotatable bonds is 10. The second-order valence-electron chi connectivity index (χ2n) is 7.37. The Balaban J connectivity index is 1.53. The summed E-state index contributed by atoms with van der Waals surface area (Å²) in [6.07, 6.45) is 8.54. The quantitative estimate of drug-likeness (QED) is 0.455. The molecule has 0 unspecified atom stereocenters. The van der Waals surface area contributed by atoms with E-state index in [9.17, 15) is 9.59 Å². The predicted octanol–water partition coefficient (Wildman–Crippen LogP) is 3.81. The Labute approximate surface area is 192 Å². The van der Waals surface area contributed by atoms with Crippen LogP contribution in [0.3, 0.4) is 0 Å². The lowest BCUT2D eigenvalue weighted by molar-refractivity contribution is -0.117. The molecular weight excluding hydrogens is 428 g/mol. The van der Waals surface area contributed by atoms with Gasteiger partial charge >= 0.3 is 0 Å². The molecule has 0 spiro atoms. The summed E-state index contributed by atoms with van der Waals surface area (Å²) >= 11 is 6.40. The van der Waals surface area contributed by atoms with Crippen LogP contribution >= 0.6 is 11.6 Å². The van der Waals surface area contributed by atoms with Crippen LogP contribution in [0.1, 0.15) is 36.6 Å². The number of carbonyl (C=O) groups excluding carboxylic acids is 2. The van der Waals surface area contributed by atoms with Crippen molar-refractivity contribution in [2.75, 3.05) is 5.32 Å². The smallest absolute Gasteiger partial charge is 0.246 e. The standard InChI is InChI=1S/C23H27ClN6O2/c1-3-4-13-30-23(24)20(17(2)28-30)9-10-21(31)25-15-18-7-5-8-19(14-18)27-22(32)16-29-12-6-11-26-29/h5-12,14H,3-4,13,15-16H2,1-2H3,(H,25,31)(H,27,32)/b10-9+. The fraction of sp³-hybridized carbons (Fsp3) is 0.304. The third-order valence-electron chi connectivity index (χ3n) is 4.78. The van der Waals surface area contributed by atoms with Crippen molar-refractivity contribution in [1.82, 2.24) is 24.9 Å². The summed E-state index contributed by atoms with van der Waals surface area (Å²) < 4.78 is 3.32. The van der Waals surface area contributed by atoms with E-state index in [1.165, 1.54) is 6.08 Å². The van der Waals surface area contributed by atoms with Crippen molar-refractivity contribution < 1.29 is 9.59 Å². The number of carbonyl (C=O) groups is 2. The van der Waals surface area contributed by atoms with E-state index < -0.39 is 0 Å². The summed E-state index contributed by atoms with van der Waals surface area (Å²) in [5.74, 6) is -0.417. The second kappa shape index (κ2) is 11.3. The first-order valence-electron chi connectivity index (χ1n) is 10.5. The van der Waals surface area contributed by atoms with Crippen molar-refractivity contribution in [3.63, 3.8) is 0 Å². The van der Waals surface area contributed by atoms with E-state index >= 15 is 0 Å². The van der Waals surface area contributed by atoms with E-state index in [-0.39, 0.29) is 18.4 Å². The van der Waals surface area contributed by atoms with E-state index in [1.54, 1.807) is 40.0 Å². The monoisotopic (exact) mass is 454 g/mol. The van der Waals surface area contributed by atoms with Crippen molar-refractivity contribution in [3.05, 3.63) is 70.8 Å². The lowest BCUT2D eigenvalue weighted by Gasteiger charge is -2.08. The highest BCUT2D eigenvalue weighted by molar-refractivity contribution is 6.31. The molecule has 0 bridgehead atoms. The highest BCUT2D eigenvalue weighted by Crippen LogP contribution is 2.21. The number of amides is 2. The molecule has 0 saturated carbocycles. The molecule has 2 N–H and O–H groups in total. The van der Waals surface area contributed by atoms with Crippen molar-refractivity contribution in [2.24, 2.45) is 0 Å². The average Bonchev–Trinajstić information content (AvgIpc) is 3.37. The molecule has 8 nitrogen and oxygen atoms in total. The Hall–Kier alpha value is -3.39. The lowest BCUT2D eigenvalue weighted by atomic mass is 10.2. The third kappa shape index (κ3) is 6.55.